The van der Waals surface area contributed by atoms with Crippen LogP contribution in [0.1, 0.15) is 10.6 Å². The van der Waals surface area contributed by atoms with Crippen LogP contribution in [-0.4, -0.2) is 12.1 Å². The van der Waals surface area contributed by atoms with Crippen LogP contribution in [0.15, 0.2) is 42.5 Å². The number of aromatic nitrogens is 1. The third-order valence-corrected chi connectivity index (χ3v) is 3.88. The van der Waals surface area contributed by atoms with Gasteiger partial charge in [0.05, 0.1) is 17.3 Å². The van der Waals surface area contributed by atoms with Crippen molar-refractivity contribution in [1.82, 2.24) is 4.98 Å². The lowest BCUT2D eigenvalue weighted by molar-refractivity contribution is 0.415. The summed E-state index contributed by atoms with van der Waals surface area (Å²) in [6, 6.07) is 12.2. The van der Waals surface area contributed by atoms with Gasteiger partial charge in [0.1, 0.15) is 16.6 Å². The van der Waals surface area contributed by atoms with Gasteiger partial charge in [0, 0.05) is 0 Å². The van der Waals surface area contributed by atoms with Crippen molar-refractivity contribution in [3.8, 4) is 5.75 Å². The second-order valence-corrected chi connectivity index (χ2v) is 5.33. The summed E-state index contributed by atoms with van der Waals surface area (Å²) in [5, 5.41) is 0.914. The molecule has 1 heterocycles. The molecule has 0 N–H and O–H groups in total. The number of hydrogen-bond donors (Lipinski definition) is 0. The Kier molecular flexibility index (Phi) is 3.48. The fourth-order valence-electron chi connectivity index (χ4n) is 1.86. The molecule has 0 aliphatic rings. The number of thiazole rings is 1. The van der Waals surface area contributed by atoms with E-state index in [1.807, 2.05) is 30.4 Å². The van der Waals surface area contributed by atoms with Gasteiger partial charge in [-0.3, -0.25) is 0 Å². The van der Waals surface area contributed by atoms with E-state index in [-0.39, 0.29) is 5.82 Å². The van der Waals surface area contributed by atoms with Crippen LogP contribution in [0.4, 0.5) is 4.39 Å². The van der Waals surface area contributed by atoms with Gasteiger partial charge in [0.2, 0.25) is 0 Å². The first-order valence-corrected chi connectivity index (χ1v) is 6.94. The van der Waals surface area contributed by atoms with Crippen molar-refractivity contribution in [2.24, 2.45) is 0 Å². The van der Waals surface area contributed by atoms with Gasteiger partial charge in [-0.25, -0.2) is 9.37 Å². The predicted octanol–water partition coefficient (Wildman–Crippen LogP) is 4.61. The summed E-state index contributed by atoms with van der Waals surface area (Å²) >= 11 is 1.60. The first-order valence-electron chi connectivity index (χ1n) is 6.13. The molecule has 3 aromatic rings. The Morgan fingerprint density at radius 2 is 1.90 bits per heavy atom. The summed E-state index contributed by atoms with van der Waals surface area (Å²) in [7, 11) is 1.65. The second-order valence-electron chi connectivity index (χ2n) is 4.27. The number of fused-ring (bicyclic) bond motifs is 1. The quantitative estimate of drug-likeness (QED) is 0.701. The van der Waals surface area contributed by atoms with Gasteiger partial charge >= 0.3 is 0 Å². The van der Waals surface area contributed by atoms with E-state index in [0.717, 1.165) is 26.5 Å². The molecule has 0 unspecified atom stereocenters. The van der Waals surface area contributed by atoms with E-state index in [2.05, 4.69) is 4.98 Å². The molecule has 0 radical (unpaired) electrons. The van der Waals surface area contributed by atoms with Crippen molar-refractivity contribution in [2.45, 2.75) is 0 Å². The van der Waals surface area contributed by atoms with E-state index in [1.165, 1.54) is 12.1 Å². The largest absolute Gasteiger partial charge is 0.497 e. The predicted molar refractivity (Wildman–Crippen MR) is 81.5 cm³/mol. The minimum absolute atomic E-state index is 0.228. The maximum atomic E-state index is 12.8. The Bertz CT molecular complexity index is 762. The highest BCUT2D eigenvalue weighted by Crippen LogP contribution is 2.27. The summed E-state index contributed by atoms with van der Waals surface area (Å²) in [6.45, 7) is 0. The molecule has 20 heavy (non-hydrogen) atoms. The van der Waals surface area contributed by atoms with Gasteiger partial charge in [-0.05, 0) is 42.0 Å². The zero-order valence-corrected chi connectivity index (χ0v) is 11.7. The van der Waals surface area contributed by atoms with Crippen LogP contribution in [0, 0.1) is 5.82 Å². The Morgan fingerprint density at radius 3 is 2.65 bits per heavy atom. The molecule has 4 heteroatoms. The number of methoxy groups -OCH3 is 1. The Hall–Kier alpha value is -2.20. The molecule has 3 rings (SSSR count). The van der Waals surface area contributed by atoms with Crippen LogP contribution in [0.5, 0.6) is 5.75 Å². The van der Waals surface area contributed by atoms with Crippen molar-refractivity contribution in [1.29, 1.82) is 0 Å². The molecule has 1 aromatic heterocycles. The lowest BCUT2D eigenvalue weighted by Crippen LogP contribution is -1.80. The van der Waals surface area contributed by atoms with Gasteiger partial charge < -0.3 is 4.74 Å². The van der Waals surface area contributed by atoms with Crippen LogP contribution < -0.4 is 4.74 Å². The first-order chi connectivity index (χ1) is 9.74. The standard InChI is InChI=1S/C16H12FNOS/c1-19-13-7-8-14-15(10-13)20-16(18-14)9-4-11-2-5-12(17)6-3-11/h2-10H,1H3/b9-4-. The summed E-state index contributed by atoms with van der Waals surface area (Å²) in [5.74, 6) is 0.601. The van der Waals surface area contributed by atoms with Crippen molar-refractivity contribution >= 4 is 33.7 Å². The normalized spacial score (nSPS) is 11.3. The fourth-order valence-corrected chi connectivity index (χ4v) is 2.76. The highest BCUT2D eigenvalue weighted by atomic mass is 32.1. The topological polar surface area (TPSA) is 22.1 Å². The molecule has 100 valence electrons. The van der Waals surface area contributed by atoms with E-state index in [9.17, 15) is 4.39 Å². The molecule has 0 fully saturated rings. The number of halogens is 1. The van der Waals surface area contributed by atoms with Gasteiger partial charge in [-0.15, -0.1) is 11.3 Å². The van der Waals surface area contributed by atoms with Crippen LogP contribution in [0.25, 0.3) is 22.4 Å². The monoisotopic (exact) mass is 285 g/mol. The third-order valence-electron chi connectivity index (χ3n) is 2.90. The number of ether oxygens (including phenoxy) is 1. The van der Waals surface area contributed by atoms with Gasteiger partial charge in [0.25, 0.3) is 0 Å². The van der Waals surface area contributed by atoms with E-state index in [0.29, 0.717) is 0 Å². The minimum atomic E-state index is -0.228. The second kappa shape index (κ2) is 5.43. The summed E-state index contributed by atoms with van der Waals surface area (Å²) in [5.41, 5.74) is 1.90. The van der Waals surface area contributed by atoms with Gasteiger partial charge in [-0.1, -0.05) is 18.2 Å². The zero-order chi connectivity index (χ0) is 13.9. The molecule has 0 atom stereocenters. The van der Waals surface area contributed by atoms with Gasteiger partial charge in [-0.2, -0.15) is 0 Å². The molecule has 0 spiro atoms. The molecule has 2 nitrogen and oxygen atoms in total. The van der Waals surface area contributed by atoms with E-state index in [1.54, 1.807) is 30.6 Å². The molecule has 0 aliphatic carbocycles. The van der Waals surface area contributed by atoms with Crippen LogP contribution in [0.2, 0.25) is 0 Å². The minimum Gasteiger partial charge on any atom is -0.497 e. The average Bonchev–Trinajstić information content (AvgIpc) is 2.88. The molecular weight excluding hydrogens is 273 g/mol. The van der Waals surface area contributed by atoms with Crippen molar-refractivity contribution < 1.29 is 9.13 Å². The lowest BCUT2D eigenvalue weighted by atomic mass is 10.2. The Morgan fingerprint density at radius 1 is 1.10 bits per heavy atom. The number of hydrogen-bond acceptors (Lipinski definition) is 3. The van der Waals surface area contributed by atoms with Crippen molar-refractivity contribution in [3.05, 3.63) is 58.9 Å². The maximum Gasteiger partial charge on any atom is 0.123 e. The number of nitrogens with zero attached hydrogens (tertiary/aromatic N) is 1. The van der Waals surface area contributed by atoms with E-state index in [4.69, 9.17) is 4.74 Å². The van der Waals surface area contributed by atoms with E-state index < -0.39 is 0 Å². The van der Waals surface area contributed by atoms with Crippen LogP contribution in [-0.2, 0) is 0 Å². The molecule has 2 aromatic carbocycles. The zero-order valence-electron chi connectivity index (χ0n) is 10.8. The van der Waals surface area contributed by atoms with Gasteiger partial charge in [0.15, 0.2) is 0 Å². The third kappa shape index (κ3) is 2.70. The number of rotatable bonds is 3. The average molecular weight is 285 g/mol. The highest BCUT2D eigenvalue weighted by molar-refractivity contribution is 7.19. The molecule has 0 bridgehead atoms. The summed E-state index contributed by atoms with van der Waals surface area (Å²) < 4.78 is 19.1. The maximum absolute atomic E-state index is 12.8. The molecule has 0 amide bonds. The molecule has 0 saturated heterocycles. The fraction of sp³-hybridized carbons (Fsp3) is 0.0625. The molecule has 0 aliphatic heterocycles. The van der Waals surface area contributed by atoms with Crippen molar-refractivity contribution in [3.63, 3.8) is 0 Å². The number of benzene rings is 2. The SMILES string of the molecule is COc1ccc2nc(/C=C\c3ccc(F)cc3)sc2c1. The van der Waals surface area contributed by atoms with Crippen LogP contribution in [0.3, 0.4) is 0 Å². The Balaban J connectivity index is 1.88. The summed E-state index contributed by atoms with van der Waals surface area (Å²) in [4.78, 5) is 4.52. The smallest absolute Gasteiger partial charge is 0.123 e. The van der Waals surface area contributed by atoms with Crippen LogP contribution >= 0.6 is 11.3 Å². The first kappa shape index (κ1) is 12.8. The molecular formula is C16H12FNOS. The molecule has 0 saturated carbocycles. The van der Waals surface area contributed by atoms with E-state index >= 15 is 0 Å². The van der Waals surface area contributed by atoms with Crippen molar-refractivity contribution in [2.75, 3.05) is 7.11 Å². The highest BCUT2D eigenvalue weighted by Gasteiger charge is 2.02. The summed E-state index contributed by atoms with van der Waals surface area (Å²) in [6.07, 6.45) is 3.86. The lowest BCUT2D eigenvalue weighted by Gasteiger charge is -1.96. The Labute approximate surface area is 120 Å².